The van der Waals surface area contributed by atoms with E-state index in [0.29, 0.717) is 6.54 Å². The molecular formula is C15H25N3O6. The zero-order valence-corrected chi connectivity index (χ0v) is 14.0. The summed E-state index contributed by atoms with van der Waals surface area (Å²) in [7, 11) is 3.87. The monoisotopic (exact) mass is 343 g/mol. The Bertz CT molecular complexity index is 494. The van der Waals surface area contributed by atoms with Crippen LogP contribution in [0.15, 0.2) is 0 Å². The Labute approximate surface area is 140 Å². The van der Waals surface area contributed by atoms with Gasteiger partial charge in [-0.15, -0.1) is 0 Å². The molecule has 0 aromatic rings. The predicted octanol–water partition coefficient (Wildman–Crippen LogP) is -0.779. The molecule has 2 amide bonds. The maximum absolute atomic E-state index is 12.2. The lowest BCUT2D eigenvalue weighted by atomic mass is 10.1. The quantitative estimate of drug-likeness (QED) is 0.475. The molecule has 3 N–H and O–H groups in total. The first-order valence-electron chi connectivity index (χ1n) is 7.88. The molecule has 0 bridgehead atoms. The van der Waals surface area contributed by atoms with Gasteiger partial charge in [-0.1, -0.05) is 0 Å². The van der Waals surface area contributed by atoms with Gasteiger partial charge in [-0.05, 0) is 33.5 Å². The van der Waals surface area contributed by atoms with Gasteiger partial charge in [0.15, 0.2) is 0 Å². The lowest BCUT2D eigenvalue weighted by Gasteiger charge is -2.19. The smallest absolute Gasteiger partial charge is 0.326 e. The first-order chi connectivity index (χ1) is 11.2. The maximum atomic E-state index is 12.2. The van der Waals surface area contributed by atoms with Gasteiger partial charge >= 0.3 is 11.9 Å². The summed E-state index contributed by atoms with van der Waals surface area (Å²) in [4.78, 5) is 49.4. The van der Waals surface area contributed by atoms with Crippen LogP contribution >= 0.6 is 0 Å². The molecule has 1 aliphatic rings. The van der Waals surface area contributed by atoms with Crippen LogP contribution in [-0.2, 0) is 19.2 Å². The van der Waals surface area contributed by atoms with Crippen LogP contribution in [0.25, 0.3) is 0 Å². The van der Waals surface area contributed by atoms with E-state index >= 15 is 0 Å². The highest BCUT2D eigenvalue weighted by Crippen LogP contribution is 2.18. The fourth-order valence-electron chi connectivity index (χ4n) is 2.56. The number of carbonyl (C=O) groups is 4. The van der Waals surface area contributed by atoms with Crippen molar-refractivity contribution in [2.24, 2.45) is 5.92 Å². The SMILES string of the molecule is CN(C)CCCN1CC(C(=O)NC(CCC(=O)O)C(=O)O)CC1=O. The molecule has 0 spiro atoms. The van der Waals surface area contributed by atoms with Crippen LogP contribution in [-0.4, -0.2) is 83.5 Å². The average molecular weight is 343 g/mol. The molecule has 2 unspecified atom stereocenters. The van der Waals surface area contributed by atoms with Crippen molar-refractivity contribution in [1.82, 2.24) is 15.1 Å². The number of nitrogens with one attached hydrogen (secondary N) is 1. The number of carboxylic acids is 2. The van der Waals surface area contributed by atoms with Gasteiger partial charge < -0.3 is 25.3 Å². The Hall–Kier alpha value is -2.16. The highest BCUT2D eigenvalue weighted by atomic mass is 16.4. The molecule has 1 saturated heterocycles. The molecule has 24 heavy (non-hydrogen) atoms. The highest BCUT2D eigenvalue weighted by molar-refractivity contribution is 5.91. The summed E-state index contributed by atoms with van der Waals surface area (Å²) in [6, 6.07) is -1.26. The largest absolute Gasteiger partial charge is 0.481 e. The normalized spacial score (nSPS) is 18.7. The van der Waals surface area contributed by atoms with E-state index in [1.54, 1.807) is 4.90 Å². The Balaban J connectivity index is 2.50. The van der Waals surface area contributed by atoms with E-state index in [9.17, 15) is 19.2 Å². The van der Waals surface area contributed by atoms with Crippen LogP contribution < -0.4 is 5.32 Å². The van der Waals surface area contributed by atoms with Crippen LogP contribution in [0, 0.1) is 5.92 Å². The van der Waals surface area contributed by atoms with Crippen molar-refractivity contribution < 1.29 is 29.4 Å². The van der Waals surface area contributed by atoms with E-state index in [-0.39, 0.29) is 31.7 Å². The van der Waals surface area contributed by atoms with E-state index in [1.807, 2.05) is 19.0 Å². The molecule has 1 heterocycles. The second kappa shape index (κ2) is 9.21. The minimum absolute atomic E-state index is 0.0546. The minimum atomic E-state index is -1.28. The summed E-state index contributed by atoms with van der Waals surface area (Å²) in [6.07, 6.45) is 0.309. The van der Waals surface area contributed by atoms with Crippen molar-refractivity contribution in [2.75, 3.05) is 33.7 Å². The van der Waals surface area contributed by atoms with E-state index in [4.69, 9.17) is 10.2 Å². The molecule has 0 aliphatic carbocycles. The molecule has 0 saturated carbocycles. The van der Waals surface area contributed by atoms with Crippen LogP contribution in [0.1, 0.15) is 25.7 Å². The van der Waals surface area contributed by atoms with Crippen molar-refractivity contribution in [1.29, 1.82) is 0 Å². The third-order valence-electron chi connectivity index (χ3n) is 3.88. The van der Waals surface area contributed by atoms with Crippen LogP contribution in [0.2, 0.25) is 0 Å². The second-order valence-corrected chi connectivity index (χ2v) is 6.23. The third-order valence-corrected chi connectivity index (χ3v) is 3.88. The zero-order chi connectivity index (χ0) is 18.3. The number of aliphatic carboxylic acids is 2. The Morgan fingerprint density at radius 2 is 2.00 bits per heavy atom. The van der Waals surface area contributed by atoms with E-state index < -0.39 is 29.8 Å². The molecule has 9 nitrogen and oxygen atoms in total. The molecule has 1 rings (SSSR count). The topological polar surface area (TPSA) is 127 Å². The predicted molar refractivity (Wildman–Crippen MR) is 84.3 cm³/mol. The van der Waals surface area contributed by atoms with Crippen molar-refractivity contribution >= 4 is 23.8 Å². The molecule has 1 fully saturated rings. The summed E-state index contributed by atoms with van der Waals surface area (Å²) < 4.78 is 0. The Morgan fingerprint density at radius 3 is 2.54 bits per heavy atom. The number of hydrogen-bond donors (Lipinski definition) is 3. The van der Waals surface area contributed by atoms with Gasteiger partial charge in [0, 0.05) is 25.9 Å². The van der Waals surface area contributed by atoms with Gasteiger partial charge in [-0.3, -0.25) is 14.4 Å². The lowest BCUT2D eigenvalue weighted by molar-refractivity contribution is -0.143. The van der Waals surface area contributed by atoms with Crippen molar-refractivity contribution in [3.8, 4) is 0 Å². The standard InChI is InChI=1S/C15H25N3O6/c1-17(2)6-3-7-18-9-10(8-12(18)19)14(22)16-11(15(23)24)4-5-13(20)21/h10-11H,3-9H2,1-2H3,(H,16,22)(H,20,21)(H,23,24). The molecule has 1 aliphatic heterocycles. The number of amides is 2. The van der Waals surface area contributed by atoms with Gasteiger partial charge in [0.25, 0.3) is 0 Å². The molecule has 0 radical (unpaired) electrons. The van der Waals surface area contributed by atoms with Crippen molar-refractivity contribution in [3.63, 3.8) is 0 Å². The van der Waals surface area contributed by atoms with Gasteiger partial charge in [0.2, 0.25) is 11.8 Å². The summed E-state index contributed by atoms with van der Waals surface area (Å²) in [5.41, 5.74) is 0. The number of rotatable bonds is 10. The molecule has 136 valence electrons. The number of nitrogens with zero attached hydrogens (tertiary/aromatic N) is 2. The average Bonchev–Trinajstić information content (AvgIpc) is 2.83. The summed E-state index contributed by atoms with van der Waals surface area (Å²) >= 11 is 0. The number of likely N-dealkylation sites (tertiary alicyclic amines) is 1. The van der Waals surface area contributed by atoms with E-state index in [2.05, 4.69) is 5.32 Å². The molecule has 2 atom stereocenters. The van der Waals surface area contributed by atoms with Gasteiger partial charge in [-0.25, -0.2) is 4.79 Å². The molecule has 0 aromatic heterocycles. The summed E-state index contributed by atoms with van der Waals surface area (Å²) in [6.45, 7) is 1.66. The second-order valence-electron chi connectivity index (χ2n) is 6.23. The highest BCUT2D eigenvalue weighted by Gasteiger charge is 2.35. The minimum Gasteiger partial charge on any atom is -0.481 e. The summed E-state index contributed by atoms with van der Waals surface area (Å²) in [5, 5.41) is 20.0. The molecular weight excluding hydrogens is 318 g/mol. The van der Waals surface area contributed by atoms with Crippen molar-refractivity contribution in [2.45, 2.75) is 31.7 Å². The molecule has 9 heteroatoms. The Morgan fingerprint density at radius 1 is 1.33 bits per heavy atom. The fourth-order valence-corrected chi connectivity index (χ4v) is 2.56. The number of hydrogen-bond acceptors (Lipinski definition) is 5. The number of carboxylic acid groups (broad SMARTS) is 2. The maximum Gasteiger partial charge on any atom is 0.326 e. The van der Waals surface area contributed by atoms with E-state index in [0.717, 1.165) is 13.0 Å². The lowest BCUT2D eigenvalue weighted by Crippen LogP contribution is -2.44. The third kappa shape index (κ3) is 6.53. The summed E-state index contributed by atoms with van der Waals surface area (Å²) in [5.74, 6) is -3.64. The van der Waals surface area contributed by atoms with Crippen LogP contribution in [0.4, 0.5) is 0 Å². The van der Waals surface area contributed by atoms with Crippen LogP contribution in [0.5, 0.6) is 0 Å². The fraction of sp³-hybridized carbons (Fsp3) is 0.733. The first-order valence-corrected chi connectivity index (χ1v) is 7.88. The van der Waals surface area contributed by atoms with Crippen molar-refractivity contribution in [3.05, 3.63) is 0 Å². The van der Waals surface area contributed by atoms with Crippen LogP contribution in [0.3, 0.4) is 0 Å². The van der Waals surface area contributed by atoms with Gasteiger partial charge in [0.1, 0.15) is 6.04 Å². The Kier molecular flexibility index (Phi) is 7.63. The number of carbonyl (C=O) groups excluding carboxylic acids is 2. The zero-order valence-electron chi connectivity index (χ0n) is 14.0. The molecule has 0 aromatic carbocycles. The van der Waals surface area contributed by atoms with Gasteiger partial charge in [0.05, 0.1) is 5.92 Å². The first kappa shape index (κ1) is 19.9. The van der Waals surface area contributed by atoms with E-state index in [1.165, 1.54) is 0 Å². The van der Waals surface area contributed by atoms with Gasteiger partial charge in [-0.2, -0.15) is 0 Å².